The molecule has 1 saturated heterocycles. The lowest BCUT2D eigenvalue weighted by molar-refractivity contribution is -0.115. The molecule has 3 rings (SSSR count). The molecule has 0 saturated carbocycles. The van der Waals surface area contributed by atoms with E-state index in [4.69, 9.17) is 38.0 Å². The number of carbonyl (C=O) groups excluding carboxylic acids is 1. The van der Waals surface area contributed by atoms with Crippen LogP contribution in [0.3, 0.4) is 0 Å². The van der Waals surface area contributed by atoms with Crippen molar-refractivity contribution in [3.05, 3.63) is 57.5 Å². The number of hydrogen-bond acceptors (Lipinski definition) is 6. The van der Waals surface area contributed by atoms with Crippen LogP contribution in [0.1, 0.15) is 18.1 Å². The van der Waals surface area contributed by atoms with Gasteiger partial charge in [-0.3, -0.25) is 4.79 Å². The molecule has 29 heavy (non-hydrogen) atoms. The number of nitrogens with one attached hydrogen (secondary N) is 1. The fourth-order valence-corrected chi connectivity index (χ4v) is 3.75. The summed E-state index contributed by atoms with van der Waals surface area (Å²) in [4.78, 5) is 12.4. The highest BCUT2D eigenvalue weighted by molar-refractivity contribution is 8.26. The summed E-state index contributed by atoms with van der Waals surface area (Å²) >= 11 is 12.3. The molecule has 1 aliphatic heterocycles. The molecule has 1 N–H and O–H groups in total. The average Bonchev–Trinajstić information content (AvgIpc) is 3.00. The molecule has 1 aliphatic rings. The number of thioether (sulfide) groups is 1. The number of benzene rings is 2. The van der Waals surface area contributed by atoms with E-state index in [2.05, 4.69) is 5.32 Å². The summed E-state index contributed by atoms with van der Waals surface area (Å²) in [6.07, 6.45) is 1.78. The van der Waals surface area contributed by atoms with Crippen LogP contribution in [-0.2, 0) is 4.79 Å². The second kappa shape index (κ2) is 10.0. The van der Waals surface area contributed by atoms with E-state index in [-0.39, 0.29) is 5.91 Å². The molecule has 0 aliphatic carbocycles. The van der Waals surface area contributed by atoms with Gasteiger partial charge in [0.2, 0.25) is 0 Å². The van der Waals surface area contributed by atoms with Crippen LogP contribution in [-0.4, -0.2) is 30.0 Å². The zero-order chi connectivity index (χ0) is 20.8. The summed E-state index contributed by atoms with van der Waals surface area (Å²) < 4.78 is 17.7. The molecular weight excluding hydrogens is 430 g/mol. The minimum Gasteiger partial charge on any atom is -0.490 e. The van der Waals surface area contributed by atoms with Gasteiger partial charge >= 0.3 is 0 Å². The maximum absolute atomic E-state index is 11.8. The third-order valence-corrected chi connectivity index (χ3v) is 5.53. The number of amides is 1. The molecule has 1 fully saturated rings. The first-order chi connectivity index (χ1) is 14.0. The van der Waals surface area contributed by atoms with Crippen LogP contribution in [0.15, 0.2) is 41.3 Å². The van der Waals surface area contributed by atoms with Crippen LogP contribution >= 0.6 is 35.6 Å². The molecule has 1 heterocycles. The summed E-state index contributed by atoms with van der Waals surface area (Å²) in [5.74, 6) is 1.78. The van der Waals surface area contributed by atoms with Crippen LogP contribution in [0.5, 0.6) is 17.2 Å². The minimum absolute atomic E-state index is 0.187. The molecule has 2 aromatic carbocycles. The maximum atomic E-state index is 11.8. The van der Waals surface area contributed by atoms with Gasteiger partial charge in [0.05, 0.1) is 11.5 Å². The first-order valence-corrected chi connectivity index (χ1v) is 10.6. The number of thiocarbonyl (C=S) groups is 1. The van der Waals surface area contributed by atoms with E-state index in [1.165, 1.54) is 11.8 Å². The highest BCUT2D eigenvalue weighted by atomic mass is 35.5. The molecule has 2 aromatic rings. The van der Waals surface area contributed by atoms with Gasteiger partial charge in [-0.2, -0.15) is 0 Å². The Morgan fingerprint density at radius 3 is 2.59 bits per heavy atom. The van der Waals surface area contributed by atoms with Crippen molar-refractivity contribution >= 4 is 51.9 Å². The van der Waals surface area contributed by atoms with Crippen molar-refractivity contribution in [1.29, 1.82) is 0 Å². The topological polar surface area (TPSA) is 56.8 Å². The standard InChI is InChI=1S/C21H20ClNO4S2/c1-3-25-18-11-14(12-19-20(24)23-21(28)29-19)4-7-17(18)27-9-8-26-15-5-6-16(22)13(2)10-15/h4-7,10-12H,3,8-9H2,1-2H3,(H,23,24,28)/b19-12-. The first kappa shape index (κ1) is 21.5. The van der Waals surface area contributed by atoms with Gasteiger partial charge in [0, 0.05) is 5.02 Å². The Balaban J connectivity index is 1.62. The molecule has 5 nitrogen and oxygen atoms in total. The predicted octanol–water partition coefficient (Wildman–Crippen LogP) is 4.99. The van der Waals surface area contributed by atoms with Gasteiger partial charge in [-0.25, -0.2) is 0 Å². The van der Waals surface area contributed by atoms with E-state index in [0.29, 0.717) is 45.6 Å². The summed E-state index contributed by atoms with van der Waals surface area (Å²) in [5.41, 5.74) is 1.79. The minimum atomic E-state index is -0.187. The number of ether oxygens (including phenoxy) is 3. The monoisotopic (exact) mass is 449 g/mol. The predicted molar refractivity (Wildman–Crippen MR) is 121 cm³/mol. The van der Waals surface area contributed by atoms with Gasteiger partial charge in [-0.1, -0.05) is 41.6 Å². The molecule has 0 bridgehead atoms. The maximum Gasteiger partial charge on any atom is 0.263 e. The Kier molecular flexibility index (Phi) is 7.41. The van der Waals surface area contributed by atoms with Gasteiger partial charge in [0.25, 0.3) is 5.91 Å². The molecule has 152 valence electrons. The van der Waals surface area contributed by atoms with Gasteiger partial charge in [0.1, 0.15) is 23.3 Å². The fourth-order valence-electron chi connectivity index (χ4n) is 2.59. The SMILES string of the molecule is CCOc1cc(/C=C2\SC(=S)NC2=O)ccc1OCCOc1ccc(Cl)c(C)c1. The van der Waals surface area contributed by atoms with E-state index in [0.717, 1.165) is 16.9 Å². The highest BCUT2D eigenvalue weighted by Gasteiger charge is 2.22. The summed E-state index contributed by atoms with van der Waals surface area (Å²) in [5, 5.41) is 3.31. The van der Waals surface area contributed by atoms with E-state index in [9.17, 15) is 4.79 Å². The third-order valence-electron chi connectivity index (χ3n) is 3.95. The van der Waals surface area contributed by atoms with Crippen molar-refractivity contribution in [2.75, 3.05) is 19.8 Å². The van der Waals surface area contributed by atoms with Crippen molar-refractivity contribution < 1.29 is 19.0 Å². The average molecular weight is 450 g/mol. The molecule has 0 aromatic heterocycles. The van der Waals surface area contributed by atoms with Crippen LogP contribution in [0, 0.1) is 6.92 Å². The van der Waals surface area contributed by atoms with Crippen molar-refractivity contribution in [1.82, 2.24) is 5.32 Å². The third kappa shape index (κ3) is 5.88. The molecule has 0 atom stereocenters. The lowest BCUT2D eigenvalue weighted by Crippen LogP contribution is -2.17. The van der Waals surface area contributed by atoms with E-state index >= 15 is 0 Å². The van der Waals surface area contributed by atoms with Crippen molar-refractivity contribution in [3.8, 4) is 17.2 Å². The van der Waals surface area contributed by atoms with Crippen molar-refractivity contribution in [2.24, 2.45) is 0 Å². The second-order valence-corrected chi connectivity index (χ2v) is 8.23. The Labute approximate surface area is 184 Å². The van der Waals surface area contributed by atoms with Gasteiger partial charge in [0.15, 0.2) is 11.5 Å². The Morgan fingerprint density at radius 2 is 1.90 bits per heavy atom. The fraction of sp³-hybridized carbons (Fsp3) is 0.238. The molecule has 1 amide bonds. The van der Waals surface area contributed by atoms with E-state index < -0.39 is 0 Å². The number of hydrogen-bond donors (Lipinski definition) is 1. The number of aryl methyl sites for hydroxylation is 1. The van der Waals surface area contributed by atoms with Gasteiger partial charge in [-0.15, -0.1) is 0 Å². The second-order valence-electron chi connectivity index (χ2n) is 6.10. The molecular formula is C21H20ClNO4S2. The Morgan fingerprint density at radius 1 is 1.10 bits per heavy atom. The summed E-state index contributed by atoms with van der Waals surface area (Å²) in [6.45, 7) is 5.06. The number of rotatable bonds is 8. The van der Waals surface area contributed by atoms with Gasteiger partial charge in [-0.05, 0) is 61.4 Å². The van der Waals surface area contributed by atoms with Crippen molar-refractivity contribution in [2.45, 2.75) is 13.8 Å². The van der Waals surface area contributed by atoms with Crippen molar-refractivity contribution in [3.63, 3.8) is 0 Å². The summed E-state index contributed by atoms with van der Waals surface area (Å²) in [6, 6.07) is 11.0. The smallest absolute Gasteiger partial charge is 0.263 e. The molecule has 8 heteroatoms. The van der Waals surface area contributed by atoms with Crippen LogP contribution in [0.4, 0.5) is 0 Å². The normalized spacial score (nSPS) is 14.8. The lowest BCUT2D eigenvalue weighted by Gasteiger charge is -2.13. The Hall–Kier alpha value is -2.22. The van der Waals surface area contributed by atoms with Crippen LogP contribution < -0.4 is 19.5 Å². The van der Waals surface area contributed by atoms with Gasteiger partial charge < -0.3 is 19.5 Å². The largest absolute Gasteiger partial charge is 0.490 e. The van der Waals surface area contributed by atoms with E-state index in [1.807, 2.05) is 50.2 Å². The molecule has 0 radical (unpaired) electrons. The Bertz CT molecular complexity index is 962. The van der Waals surface area contributed by atoms with E-state index in [1.54, 1.807) is 6.08 Å². The number of carbonyl (C=O) groups is 1. The molecule has 0 spiro atoms. The lowest BCUT2D eigenvalue weighted by atomic mass is 10.2. The zero-order valence-corrected chi connectivity index (χ0v) is 18.4. The quantitative estimate of drug-likeness (QED) is 0.348. The number of halogens is 1. The summed E-state index contributed by atoms with van der Waals surface area (Å²) in [7, 11) is 0. The molecule has 0 unspecified atom stereocenters. The van der Waals surface area contributed by atoms with Crippen LogP contribution in [0.2, 0.25) is 5.02 Å². The van der Waals surface area contributed by atoms with Crippen LogP contribution in [0.25, 0.3) is 6.08 Å². The highest BCUT2D eigenvalue weighted by Crippen LogP contribution is 2.32. The zero-order valence-electron chi connectivity index (χ0n) is 16.0. The first-order valence-electron chi connectivity index (χ1n) is 8.99.